The molecule has 1 unspecified atom stereocenters. The Hall–Kier alpha value is -2.04. The standard InChI is InChI=1S/C15H20N2O3/c1-10(2)20-13-5-3-12(4-6-13)17-15(19)11-7-8-16-14(18)9-11/h3-6,10-11H,7-9H2,1-2H3,(H,16,18)(H,17,19). The fourth-order valence-corrected chi connectivity index (χ4v) is 2.14. The smallest absolute Gasteiger partial charge is 0.228 e. The maximum atomic E-state index is 12.1. The van der Waals surface area contributed by atoms with Gasteiger partial charge in [-0.05, 0) is 44.5 Å². The zero-order valence-corrected chi connectivity index (χ0v) is 11.8. The minimum atomic E-state index is -0.240. The molecule has 1 aliphatic heterocycles. The number of nitrogens with one attached hydrogen (secondary N) is 2. The molecule has 1 aromatic carbocycles. The van der Waals surface area contributed by atoms with Crippen LogP contribution in [0.5, 0.6) is 5.75 Å². The second-order valence-corrected chi connectivity index (χ2v) is 5.22. The van der Waals surface area contributed by atoms with Crippen LogP contribution in [0.2, 0.25) is 0 Å². The highest BCUT2D eigenvalue weighted by atomic mass is 16.5. The maximum Gasteiger partial charge on any atom is 0.228 e. The first-order valence-corrected chi connectivity index (χ1v) is 6.89. The van der Waals surface area contributed by atoms with Crippen LogP contribution >= 0.6 is 0 Å². The lowest BCUT2D eigenvalue weighted by atomic mass is 9.96. The van der Waals surface area contributed by atoms with Gasteiger partial charge in [0.15, 0.2) is 0 Å². The SMILES string of the molecule is CC(C)Oc1ccc(NC(=O)C2CCNC(=O)C2)cc1. The minimum Gasteiger partial charge on any atom is -0.491 e. The molecule has 0 spiro atoms. The third-order valence-corrected chi connectivity index (χ3v) is 3.11. The molecule has 1 aliphatic rings. The van der Waals surface area contributed by atoms with Crippen LogP contribution in [0.25, 0.3) is 0 Å². The van der Waals surface area contributed by atoms with Gasteiger partial charge < -0.3 is 15.4 Å². The number of hydrogen-bond acceptors (Lipinski definition) is 3. The predicted octanol–water partition coefficient (Wildman–Crippen LogP) is 1.94. The van der Waals surface area contributed by atoms with E-state index in [2.05, 4.69) is 10.6 Å². The Labute approximate surface area is 118 Å². The number of anilines is 1. The summed E-state index contributed by atoms with van der Waals surface area (Å²) in [6.07, 6.45) is 1.07. The van der Waals surface area contributed by atoms with E-state index >= 15 is 0 Å². The molecule has 5 heteroatoms. The van der Waals surface area contributed by atoms with Crippen molar-refractivity contribution in [2.45, 2.75) is 32.8 Å². The molecule has 20 heavy (non-hydrogen) atoms. The van der Waals surface area contributed by atoms with E-state index in [1.165, 1.54) is 0 Å². The van der Waals surface area contributed by atoms with Crippen LogP contribution in [0, 0.1) is 5.92 Å². The van der Waals surface area contributed by atoms with E-state index in [4.69, 9.17) is 4.74 Å². The van der Waals surface area contributed by atoms with Crippen LogP contribution in [0.3, 0.4) is 0 Å². The molecule has 108 valence electrons. The third-order valence-electron chi connectivity index (χ3n) is 3.11. The van der Waals surface area contributed by atoms with Crippen molar-refractivity contribution in [1.82, 2.24) is 5.32 Å². The molecule has 1 atom stereocenters. The molecule has 1 fully saturated rings. The van der Waals surface area contributed by atoms with Crippen LogP contribution in [-0.4, -0.2) is 24.5 Å². The number of carbonyl (C=O) groups excluding carboxylic acids is 2. The van der Waals surface area contributed by atoms with E-state index in [-0.39, 0.29) is 30.3 Å². The molecule has 0 radical (unpaired) electrons. The lowest BCUT2D eigenvalue weighted by Crippen LogP contribution is -2.38. The fraction of sp³-hybridized carbons (Fsp3) is 0.467. The van der Waals surface area contributed by atoms with Crippen LogP contribution < -0.4 is 15.4 Å². The number of hydrogen-bond donors (Lipinski definition) is 2. The van der Waals surface area contributed by atoms with E-state index in [0.717, 1.165) is 11.4 Å². The van der Waals surface area contributed by atoms with Gasteiger partial charge in [-0.3, -0.25) is 9.59 Å². The molecule has 0 aliphatic carbocycles. The van der Waals surface area contributed by atoms with Crippen LogP contribution in [0.4, 0.5) is 5.69 Å². The zero-order chi connectivity index (χ0) is 14.5. The Morgan fingerprint density at radius 1 is 1.35 bits per heavy atom. The Balaban J connectivity index is 1.92. The first-order chi connectivity index (χ1) is 9.54. The molecule has 0 bridgehead atoms. The number of ether oxygens (including phenoxy) is 1. The van der Waals surface area contributed by atoms with Crippen molar-refractivity contribution in [3.05, 3.63) is 24.3 Å². The predicted molar refractivity (Wildman–Crippen MR) is 76.6 cm³/mol. The molecular weight excluding hydrogens is 256 g/mol. The second-order valence-electron chi connectivity index (χ2n) is 5.22. The van der Waals surface area contributed by atoms with E-state index in [1.807, 2.05) is 26.0 Å². The van der Waals surface area contributed by atoms with Gasteiger partial charge in [-0.2, -0.15) is 0 Å². The molecule has 0 saturated carbocycles. The summed E-state index contributed by atoms with van der Waals surface area (Å²) in [5.74, 6) is 0.375. The summed E-state index contributed by atoms with van der Waals surface area (Å²) >= 11 is 0. The molecule has 5 nitrogen and oxygen atoms in total. The van der Waals surface area contributed by atoms with Gasteiger partial charge in [-0.25, -0.2) is 0 Å². The van der Waals surface area contributed by atoms with Gasteiger partial charge in [-0.1, -0.05) is 0 Å². The zero-order valence-electron chi connectivity index (χ0n) is 11.8. The second kappa shape index (κ2) is 6.41. The number of piperidine rings is 1. The van der Waals surface area contributed by atoms with Gasteiger partial charge in [0.25, 0.3) is 0 Å². The van der Waals surface area contributed by atoms with Gasteiger partial charge in [0, 0.05) is 24.6 Å². The van der Waals surface area contributed by atoms with E-state index in [0.29, 0.717) is 13.0 Å². The minimum absolute atomic E-state index is 0.0583. The summed E-state index contributed by atoms with van der Waals surface area (Å²) in [6.45, 7) is 4.49. The van der Waals surface area contributed by atoms with E-state index < -0.39 is 0 Å². The van der Waals surface area contributed by atoms with Crippen molar-refractivity contribution in [3.63, 3.8) is 0 Å². The van der Waals surface area contributed by atoms with Gasteiger partial charge >= 0.3 is 0 Å². The molecular formula is C15H20N2O3. The van der Waals surface area contributed by atoms with Crippen molar-refractivity contribution >= 4 is 17.5 Å². The molecule has 0 aromatic heterocycles. The van der Waals surface area contributed by atoms with E-state index in [9.17, 15) is 9.59 Å². The van der Waals surface area contributed by atoms with Crippen LogP contribution in [0.15, 0.2) is 24.3 Å². The highest BCUT2D eigenvalue weighted by Crippen LogP contribution is 2.19. The summed E-state index contributed by atoms with van der Waals surface area (Å²) in [6, 6.07) is 7.25. The first kappa shape index (κ1) is 14.4. The van der Waals surface area contributed by atoms with Crippen molar-refractivity contribution in [2.24, 2.45) is 5.92 Å². The van der Waals surface area contributed by atoms with Gasteiger partial charge in [0.2, 0.25) is 11.8 Å². The Morgan fingerprint density at radius 2 is 2.05 bits per heavy atom. The average Bonchev–Trinajstić information content (AvgIpc) is 2.40. The highest BCUT2D eigenvalue weighted by Gasteiger charge is 2.25. The summed E-state index contributed by atoms with van der Waals surface area (Å²) in [7, 11) is 0. The summed E-state index contributed by atoms with van der Waals surface area (Å²) in [5, 5.41) is 5.56. The van der Waals surface area contributed by atoms with Crippen molar-refractivity contribution in [3.8, 4) is 5.75 Å². The van der Waals surface area contributed by atoms with E-state index in [1.54, 1.807) is 12.1 Å². The van der Waals surface area contributed by atoms with Crippen molar-refractivity contribution < 1.29 is 14.3 Å². The van der Waals surface area contributed by atoms with Gasteiger partial charge in [0.05, 0.1) is 6.10 Å². The number of amides is 2. The topological polar surface area (TPSA) is 67.4 Å². The molecule has 2 N–H and O–H groups in total. The molecule has 1 aromatic rings. The largest absolute Gasteiger partial charge is 0.491 e. The fourth-order valence-electron chi connectivity index (χ4n) is 2.14. The molecule has 1 saturated heterocycles. The lowest BCUT2D eigenvalue weighted by molar-refractivity contribution is -0.129. The van der Waals surface area contributed by atoms with Crippen LogP contribution in [0.1, 0.15) is 26.7 Å². The normalized spacial score (nSPS) is 18.6. The first-order valence-electron chi connectivity index (χ1n) is 6.89. The monoisotopic (exact) mass is 276 g/mol. The molecule has 1 heterocycles. The highest BCUT2D eigenvalue weighted by molar-refractivity contribution is 5.95. The summed E-state index contributed by atoms with van der Waals surface area (Å²) in [4.78, 5) is 23.3. The number of carbonyl (C=O) groups is 2. The van der Waals surface area contributed by atoms with Crippen LogP contribution in [-0.2, 0) is 9.59 Å². The third kappa shape index (κ3) is 3.98. The average molecular weight is 276 g/mol. The number of benzene rings is 1. The van der Waals surface area contributed by atoms with Crippen molar-refractivity contribution in [1.29, 1.82) is 0 Å². The number of rotatable bonds is 4. The summed E-state index contributed by atoms with van der Waals surface area (Å²) < 4.78 is 5.54. The quantitative estimate of drug-likeness (QED) is 0.883. The Bertz CT molecular complexity index is 482. The molecule has 2 amide bonds. The van der Waals surface area contributed by atoms with Gasteiger partial charge in [-0.15, -0.1) is 0 Å². The van der Waals surface area contributed by atoms with Crippen molar-refractivity contribution in [2.75, 3.05) is 11.9 Å². The molecule has 2 rings (SSSR count). The lowest BCUT2D eigenvalue weighted by Gasteiger charge is -2.21. The Morgan fingerprint density at radius 3 is 2.65 bits per heavy atom. The Kier molecular flexibility index (Phi) is 4.61. The van der Waals surface area contributed by atoms with Gasteiger partial charge in [0.1, 0.15) is 5.75 Å². The maximum absolute atomic E-state index is 12.1. The summed E-state index contributed by atoms with van der Waals surface area (Å²) in [5.41, 5.74) is 0.720.